The molecule has 0 bridgehead atoms. The van der Waals surface area contributed by atoms with Gasteiger partial charge in [-0.1, -0.05) is 0 Å². The normalized spacial score (nSPS) is 8.91. The molecule has 11 heavy (non-hydrogen) atoms. The van der Waals surface area contributed by atoms with Crippen molar-refractivity contribution >= 4 is 11.9 Å². The zero-order valence-corrected chi connectivity index (χ0v) is 9.13. The number of aliphatic carboxylic acids is 2. The Morgan fingerprint density at radius 3 is 1.27 bits per heavy atom. The first-order valence-electron chi connectivity index (χ1n) is 2.32. The number of hydrogen-bond acceptors (Lipinski definition) is 4. The topological polar surface area (TPSA) is 80.3 Å². The molecule has 4 nitrogen and oxygen atoms in total. The minimum atomic E-state index is -1.89. The molecule has 52 valence electrons. The van der Waals surface area contributed by atoms with Gasteiger partial charge in [-0.3, -0.25) is 0 Å². The van der Waals surface area contributed by atoms with E-state index in [1.54, 1.807) is 0 Å². The van der Waals surface area contributed by atoms with E-state index in [0.29, 0.717) is 0 Å². The fraction of sp³-hybridized carbons (Fsp3) is 0.600. The van der Waals surface area contributed by atoms with Crippen LogP contribution in [0.5, 0.6) is 0 Å². The van der Waals surface area contributed by atoms with E-state index in [2.05, 4.69) is 0 Å². The zero-order valence-electron chi connectivity index (χ0n) is 7.13. The Morgan fingerprint density at radius 1 is 1.09 bits per heavy atom. The minimum Gasteiger partial charge on any atom is -0.549 e. The third kappa shape index (κ3) is 4.89. The summed E-state index contributed by atoms with van der Waals surface area (Å²) < 4.78 is 0. The maximum absolute atomic E-state index is 9.93. The van der Waals surface area contributed by atoms with E-state index < -0.39 is 17.4 Å². The summed E-state index contributed by atoms with van der Waals surface area (Å²) in [7, 11) is 0. The second kappa shape index (κ2) is 6.10. The van der Waals surface area contributed by atoms with E-state index in [1.165, 1.54) is 0 Å². The van der Waals surface area contributed by atoms with Gasteiger partial charge in [0.1, 0.15) is 0 Å². The van der Waals surface area contributed by atoms with E-state index in [-0.39, 0.29) is 48.4 Å². The Balaban J connectivity index is -0.000000320. The summed E-state index contributed by atoms with van der Waals surface area (Å²) in [6.45, 7) is 2.02. The Bertz CT molecular complexity index is 141. The first kappa shape index (κ1) is 17.6. The number of hydrogen-bond donors (Lipinski definition) is 0. The van der Waals surface area contributed by atoms with Crippen molar-refractivity contribution in [2.75, 3.05) is 0 Å². The van der Waals surface area contributed by atoms with Gasteiger partial charge in [-0.25, -0.2) is 0 Å². The molecule has 0 aliphatic carbocycles. The first-order valence-corrected chi connectivity index (χ1v) is 2.32. The minimum absolute atomic E-state index is 0. The molecule has 0 atom stereocenters. The largest absolute Gasteiger partial charge is 1.00 e. The molecule has 0 saturated carbocycles. The van der Waals surface area contributed by atoms with Crippen LogP contribution in [0.15, 0.2) is 0 Å². The van der Waals surface area contributed by atoms with E-state index in [1.807, 2.05) is 0 Å². The summed E-state index contributed by atoms with van der Waals surface area (Å²) in [5, 5.41) is 19.9. The Hall–Kier alpha value is 0.537. The van der Waals surface area contributed by atoms with Gasteiger partial charge in [-0.05, 0) is 13.8 Å². The summed E-state index contributed by atoms with van der Waals surface area (Å²) in [4.78, 5) is 19.9. The molecule has 0 spiro atoms. The monoisotopic (exact) mass is 160 g/mol. The van der Waals surface area contributed by atoms with Gasteiger partial charge in [0, 0.05) is 5.41 Å². The van der Waals surface area contributed by atoms with Crippen LogP contribution in [0.1, 0.15) is 13.8 Å². The van der Waals surface area contributed by atoms with Crippen molar-refractivity contribution in [1.82, 2.24) is 0 Å². The Labute approximate surface area is 98.8 Å². The molecule has 0 aliphatic rings. The van der Waals surface area contributed by atoms with Crippen molar-refractivity contribution in [3.63, 3.8) is 0 Å². The second-order valence-electron chi connectivity index (χ2n) is 2.20. The third-order valence-corrected chi connectivity index (χ3v) is 1.02. The number of carbonyl (C=O) groups excluding carboxylic acids is 2. The standard InChI is InChI=1S/C5H8O4.Li.Na/c1-5(2,3(6)7)4(8)9;;/h1-2H3,(H,6,7)(H,8,9);;/q;2*+1/p-2. The van der Waals surface area contributed by atoms with Gasteiger partial charge in [0.25, 0.3) is 0 Å². The molecule has 0 heterocycles. The molecule has 0 aromatic carbocycles. The molecule has 0 saturated heterocycles. The molecule has 0 aliphatic heterocycles. The van der Waals surface area contributed by atoms with Crippen LogP contribution in [0.4, 0.5) is 0 Å². The summed E-state index contributed by atoms with van der Waals surface area (Å²) in [5.41, 5.74) is -1.89. The predicted molar refractivity (Wildman–Crippen MR) is 23.8 cm³/mol. The smallest absolute Gasteiger partial charge is 0.549 e. The van der Waals surface area contributed by atoms with Crippen molar-refractivity contribution in [1.29, 1.82) is 0 Å². The molecular weight excluding hydrogens is 154 g/mol. The summed E-state index contributed by atoms with van der Waals surface area (Å²) in [6, 6.07) is 0. The van der Waals surface area contributed by atoms with E-state index in [9.17, 15) is 19.8 Å². The van der Waals surface area contributed by atoms with Gasteiger partial charge in [-0.15, -0.1) is 0 Å². The van der Waals surface area contributed by atoms with Crippen LogP contribution in [0.3, 0.4) is 0 Å². The van der Waals surface area contributed by atoms with Gasteiger partial charge in [-0.2, -0.15) is 0 Å². The molecule has 0 amide bonds. The molecule has 6 heteroatoms. The Kier molecular flexibility index (Phi) is 9.74. The summed E-state index contributed by atoms with van der Waals surface area (Å²) in [5.74, 6) is -3.27. The van der Waals surface area contributed by atoms with Crippen LogP contribution in [0, 0.1) is 5.41 Å². The van der Waals surface area contributed by atoms with Crippen LogP contribution in [0.25, 0.3) is 0 Å². The van der Waals surface area contributed by atoms with Crippen LogP contribution >= 0.6 is 0 Å². The van der Waals surface area contributed by atoms with E-state index in [0.717, 1.165) is 13.8 Å². The van der Waals surface area contributed by atoms with Gasteiger partial charge >= 0.3 is 48.4 Å². The molecule has 0 fully saturated rings. The van der Waals surface area contributed by atoms with Crippen molar-refractivity contribution in [3.05, 3.63) is 0 Å². The Morgan fingerprint density at radius 2 is 1.27 bits per heavy atom. The quantitative estimate of drug-likeness (QED) is 0.296. The fourth-order valence-electron chi connectivity index (χ4n) is 0.0833. The van der Waals surface area contributed by atoms with Crippen LogP contribution < -0.4 is 58.6 Å². The average Bonchev–Trinajstić information content (AvgIpc) is 1.65. The average molecular weight is 160 g/mol. The molecule has 0 unspecified atom stereocenters. The second-order valence-corrected chi connectivity index (χ2v) is 2.20. The van der Waals surface area contributed by atoms with Crippen LogP contribution in [-0.4, -0.2) is 11.9 Å². The molecular formula is C5H6LiNaO4. The molecule has 0 aromatic rings. The third-order valence-electron chi connectivity index (χ3n) is 1.02. The van der Waals surface area contributed by atoms with Gasteiger partial charge < -0.3 is 19.8 Å². The summed E-state index contributed by atoms with van der Waals surface area (Å²) in [6.07, 6.45) is 0. The van der Waals surface area contributed by atoms with Crippen molar-refractivity contribution in [2.24, 2.45) is 5.41 Å². The van der Waals surface area contributed by atoms with Crippen molar-refractivity contribution in [3.8, 4) is 0 Å². The van der Waals surface area contributed by atoms with Gasteiger partial charge in [0.05, 0.1) is 11.9 Å². The number of carbonyl (C=O) groups is 2. The molecule has 0 N–H and O–H groups in total. The molecule has 0 rings (SSSR count). The maximum atomic E-state index is 9.93. The van der Waals surface area contributed by atoms with Crippen molar-refractivity contribution in [2.45, 2.75) is 13.8 Å². The predicted octanol–water partition coefficient (Wildman–Crippen LogP) is -8.48. The SMILES string of the molecule is CC(C)(C(=O)[O-])C(=O)[O-].[Li+].[Na+]. The first-order chi connectivity index (χ1) is 3.89. The zero-order chi connectivity index (χ0) is 7.65. The fourth-order valence-corrected chi connectivity index (χ4v) is 0.0833. The molecule has 0 aromatic heterocycles. The van der Waals surface area contributed by atoms with Gasteiger partial charge in [0.15, 0.2) is 0 Å². The summed E-state index contributed by atoms with van der Waals surface area (Å²) >= 11 is 0. The van der Waals surface area contributed by atoms with Crippen LogP contribution in [-0.2, 0) is 9.59 Å². The van der Waals surface area contributed by atoms with Gasteiger partial charge in [0.2, 0.25) is 0 Å². The van der Waals surface area contributed by atoms with E-state index in [4.69, 9.17) is 0 Å². The van der Waals surface area contributed by atoms with Crippen LogP contribution in [0.2, 0.25) is 0 Å². The number of carboxylic acids is 2. The number of carboxylic acid groups (broad SMARTS) is 2. The van der Waals surface area contributed by atoms with E-state index >= 15 is 0 Å². The van der Waals surface area contributed by atoms with Crippen molar-refractivity contribution < 1.29 is 68.2 Å². The molecule has 0 radical (unpaired) electrons. The maximum Gasteiger partial charge on any atom is 1.00 e. The number of rotatable bonds is 2.